The van der Waals surface area contributed by atoms with Gasteiger partial charge in [0.05, 0.1) is 0 Å². The Labute approximate surface area is 75.7 Å². The normalized spacial score (nSPS) is 11.3. The summed E-state index contributed by atoms with van der Waals surface area (Å²) >= 11 is 0. The highest BCUT2D eigenvalue weighted by Gasteiger charge is 2.08. The molecule has 0 aliphatic rings. The van der Waals surface area contributed by atoms with Crippen molar-refractivity contribution in [3.8, 4) is 0 Å². The molecule has 1 rings (SSSR count). The molecule has 0 aliphatic carbocycles. The first-order valence-corrected chi connectivity index (χ1v) is 3.84. The molecule has 0 aromatic heterocycles. The van der Waals surface area contributed by atoms with Crippen molar-refractivity contribution in [1.82, 2.24) is 0 Å². The molecule has 1 aromatic carbocycles. The lowest BCUT2D eigenvalue weighted by molar-refractivity contribution is -0.0475. The maximum atomic E-state index is 8.85. The van der Waals surface area contributed by atoms with Crippen LogP contribution >= 0.6 is 0 Å². The minimum atomic E-state index is -1.59. The van der Waals surface area contributed by atoms with Gasteiger partial charge in [-0.2, -0.15) is 0 Å². The summed E-state index contributed by atoms with van der Waals surface area (Å²) in [4.78, 5) is 0. The average Bonchev–Trinajstić information content (AvgIpc) is 2.03. The van der Waals surface area contributed by atoms with Gasteiger partial charge in [-0.25, -0.2) is 0 Å². The zero-order chi connectivity index (χ0) is 10.0. The Balaban J connectivity index is 3.11. The molecule has 0 aliphatic heterocycles. The third kappa shape index (κ3) is 2.50. The van der Waals surface area contributed by atoms with Crippen molar-refractivity contribution in [1.29, 1.82) is 0 Å². The topological polar surface area (TPSA) is 80.9 Å². The zero-order valence-corrected chi connectivity index (χ0v) is 7.18. The van der Waals surface area contributed by atoms with Crippen LogP contribution < -0.4 is 0 Å². The predicted octanol–water partition coefficient (Wildman–Crippen LogP) is -0.0386. The molecule has 4 heteroatoms. The minimum absolute atomic E-state index is 0.253. The largest absolute Gasteiger partial charge is 0.364 e. The Kier molecular flexibility index (Phi) is 3.00. The Morgan fingerprint density at radius 1 is 0.846 bits per heavy atom. The van der Waals surface area contributed by atoms with Crippen molar-refractivity contribution >= 4 is 0 Å². The van der Waals surface area contributed by atoms with Gasteiger partial charge in [-0.15, -0.1) is 0 Å². The first-order chi connectivity index (χ1) is 6.00. The molecular weight excluding hydrogens is 172 g/mol. The van der Waals surface area contributed by atoms with E-state index in [9.17, 15) is 0 Å². The second-order valence-corrected chi connectivity index (χ2v) is 2.92. The number of benzene rings is 1. The van der Waals surface area contributed by atoms with E-state index in [0.717, 1.165) is 5.56 Å². The molecule has 0 fully saturated rings. The Bertz CT molecular complexity index is 267. The molecule has 0 amide bonds. The Morgan fingerprint density at radius 3 is 1.54 bits per heavy atom. The van der Waals surface area contributed by atoms with Gasteiger partial charge in [0.15, 0.2) is 12.6 Å². The summed E-state index contributed by atoms with van der Waals surface area (Å²) in [6.07, 6.45) is -3.17. The number of hydrogen-bond donors (Lipinski definition) is 4. The molecular formula is C9H12O4. The van der Waals surface area contributed by atoms with Crippen LogP contribution in [0.2, 0.25) is 0 Å². The number of rotatable bonds is 2. The SMILES string of the molecule is Cc1cc(C(O)O)cc(C(O)O)c1. The van der Waals surface area contributed by atoms with Gasteiger partial charge in [-0.1, -0.05) is 17.7 Å². The maximum Gasteiger partial charge on any atom is 0.178 e. The monoisotopic (exact) mass is 184 g/mol. The van der Waals surface area contributed by atoms with Crippen molar-refractivity contribution in [2.75, 3.05) is 0 Å². The van der Waals surface area contributed by atoms with Crippen LogP contribution in [0.3, 0.4) is 0 Å². The fourth-order valence-corrected chi connectivity index (χ4v) is 1.14. The summed E-state index contributed by atoms with van der Waals surface area (Å²) in [5.74, 6) is 0. The quantitative estimate of drug-likeness (QED) is 0.486. The molecule has 0 bridgehead atoms. The van der Waals surface area contributed by atoms with E-state index in [-0.39, 0.29) is 11.1 Å². The second kappa shape index (κ2) is 3.85. The summed E-state index contributed by atoms with van der Waals surface area (Å²) in [5, 5.41) is 35.4. The fourth-order valence-electron chi connectivity index (χ4n) is 1.14. The van der Waals surface area contributed by atoms with E-state index in [1.807, 2.05) is 0 Å². The third-order valence-electron chi connectivity index (χ3n) is 1.72. The molecule has 4 nitrogen and oxygen atoms in total. The number of aliphatic hydroxyl groups excluding tert-OH is 2. The average molecular weight is 184 g/mol. The van der Waals surface area contributed by atoms with Gasteiger partial charge in [0.1, 0.15) is 0 Å². The van der Waals surface area contributed by atoms with E-state index < -0.39 is 12.6 Å². The highest BCUT2D eigenvalue weighted by atomic mass is 16.5. The van der Waals surface area contributed by atoms with E-state index in [1.54, 1.807) is 19.1 Å². The summed E-state index contributed by atoms with van der Waals surface area (Å²) in [6.45, 7) is 1.73. The van der Waals surface area contributed by atoms with Gasteiger partial charge < -0.3 is 20.4 Å². The Hall–Kier alpha value is -0.940. The molecule has 13 heavy (non-hydrogen) atoms. The highest BCUT2D eigenvalue weighted by Crippen LogP contribution is 2.18. The molecule has 4 N–H and O–H groups in total. The second-order valence-electron chi connectivity index (χ2n) is 2.92. The molecule has 0 spiro atoms. The Morgan fingerprint density at radius 2 is 1.23 bits per heavy atom. The lowest BCUT2D eigenvalue weighted by Gasteiger charge is -2.09. The summed E-state index contributed by atoms with van der Waals surface area (Å²) in [6, 6.07) is 4.47. The molecule has 0 saturated heterocycles. The van der Waals surface area contributed by atoms with Crippen molar-refractivity contribution in [3.05, 3.63) is 34.9 Å². The molecule has 0 saturated carbocycles. The van der Waals surface area contributed by atoms with Crippen LogP contribution in [0.5, 0.6) is 0 Å². The van der Waals surface area contributed by atoms with Gasteiger partial charge in [0, 0.05) is 11.1 Å². The van der Waals surface area contributed by atoms with Gasteiger partial charge >= 0.3 is 0 Å². The first-order valence-electron chi connectivity index (χ1n) is 3.84. The fraction of sp³-hybridized carbons (Fsp3) is 0.333. The summed E-state index contributed by atoms with van der Waals surface area (Å²) in [7, 11) is 0. The first kappa shape index (κ1) is 10.1. The number of aliphatic hydroxyl groups is 4. The van der Waals surface area contributed by atoms with Crippen LogP contribution in [0.4, 0.5) is 0 Å². The summed E-state index contributed by atoms with van der Waals surface area (Å²) in [5.41, 5.74) is 1.25. The van der Waals surface area contributed by atoms with Crippen molar-refractivity contribution in [2.24, 2.45) is 0 Å². The smallest absolute Gasteiger partial charge is 0.178 e. The van der Waals surface area contributed by atoms with E-state index >= 15 is 0 Å². The van der Waals surface area contributed by atoms with Gasteiger partial charge in [-0.05, 0) is 13.0 Å². The minimum Gasteiger partial charge on any atom is -0.364 e. The molecule has 72 valence electrons. The van der Waals surface area contributed by atoms with Crippen molar-refractivity contribution in [2.45, 2.75) is 19.5 Å². The van der Waals surface area contributed by atoms with Crippen LogP contribution in [0.15, 0.2) is 18.2 Å². The number of aryl methyl sites for hydroxylation is 1. The standard InChI is InChI=1S/C9H12O4/c1-5-2-6(8(10)11)4-7(3-5)9(12)13/h2-4,8-13H,1H3. The zero-order valence-electron chi connectivity index (χ0n) is 7.18. The lowest BCUT2D eigenvalue weighted by Crippen LogP contribution is -2.01. The number of hydrogen-bond acceptors (Lipinski definition) is 4. The van der Waals surface area contributed by atoms with Crippen molar-refractivity contribution < 1.29 is 20.4 Å². The highest BCUT2D eigenvalue weighted by molar-refractivity contribution is 5.30. The van der Waals surface area contributed by atoms with E-state index in [2.05, 4.69) is 0 Å². The predicted molar refractivity (Wildman–Crippen MR) is 45.5 cm³/mol. The molecule has 0 radical (unpaired) electrons. The van der Waals surface area contributed by atoms with E-state index in [0.29, 0.717) is 0 Å². The van der Waals surface area contributed by atoms with Crippen LogP contribution in [-0.4, -0.2) is 20.4 Å². The van der Waals surface area contributed by atoms with Crippen LogP contribution in [0, 0.1) is 6.92 Å². The van der Waals surface area contributed by atoms with Gasteiger partial charge in [-0.3, -0.25) is 0 Å². The summed E-state index contributed by atoms with van der Waals surface area (Å²) < 4.78 is 0. The van der Waals surface area contributed by atoms with Crippen LogP contribution in [0.25, 0.3) is 0 Å². The lowest BCUT2D eigenvalue weighted by atomic mass is 10.1. The third-order valence-corrected chi connectivity index (χ3v) is 1.72. The van der Waals surface area contributed by atoms with Crippen molar-refractivity contribution in [3.63, 3.8) is 0 Å². The van der Waals surface area contributed by atoms with Gasteiger partial charge in [0.25, 0.3) is 0 Å². The molecule has 0 heterocycles. The van der Waals surface area contributed by atoms with Crippen LogP contribution in [0.1, 0.15) is 29.3 Å². The van der Waals surface area contributed by atoms with Crippen LogP contribution in [-0.2, 0) is 0 Å². The van der Waals surface area contributed by atoms with Gasteiger partial charge in [0.2, 0.25) is 0 Å². The molecule has 0 unspecified atom stereocenters. The maximum absolute atomic E-state index is 8.85. The molecule has 0 atom stereocenters. The van der Waals surface area contributed by atoms with E-state index in [4.69, 9.17) is 20.4 Å². The molecule has 1 aromatic rings. The van der Waals surface area contributed by atoms with E-state index in [1.165, 1.54) is 6.07 Å².